The molecule has 0 atom stereocenters. The Morgan fingerprint density at radius 1 is 1.03 bits per heavy atom. The number of hydrogen-bond donors (Lipinski definition) is 1. The first-order valence-electron chi connectivity index (χ1n) is 10.7. The van der Waals surface area contributed by atoms with Crippen molar-refractivity contribution in [2.75, 3.05) is 43.1 Å². The van der Waals surface area contributed by atoms with Gasteiger partial charge in [-0.15, -0.1) is 0 Å². The number of benzene rings is 2. The molecule has 1 amide bonds. The minimum absolute atomic E-state index is 0.172. The van der Waals surface area contributed by atoms with Crippen LogP contribution < -0.4 is 20.5 Å². The highest BCUT2D eigenvalue weighted by molar-refractivity contribution is 5.90. The highest BCUT2D eigenvalue weighted by atomic mass is 16.5. The maximum absolute atomic E-state index is 12.5. The topological polar surface area (TPSA) is 85.7 Å². The third-order valence-electron chi connectivity index (χ3n) is 5.15. The summed E-state index contributed by atoms with van der Waals surface area (Å²) in [5, 5.41) is 7.19. The minimum Gasteiger partial charge on any atom is -0.494 e. The number of morpholine rings is 1. The first kappa shape index (κ1) is 21.6. The lowest BCUT2D eigenvalue weighted by Gasteiger charge is -2.28. The van der Waals surface area contributed by atoms with E-state index in [-0.39, 0.29) is 18.0 Å². The highest BCUT2D eigenvalue weighted by Crippen LogP contribution is 2.21. The SMILES string of the molecule is CCOc1ccc(-c2ccc(=O)n(CC(=O)Nc3ccc(N4CCOCC4)cc3)n2)cc1. The van der Waals surface area contributed by atoms with E-state index in [0.29, 0.717) is 18.0 Å². The number of hydrogen-bond acceptors (Lipinski definition) is 6. The van der Waals surface area contributed by atoms with Crippen LogP contribution in [0.2, 0.25) is 0 Å². The third-order valence-corrected chi connectivity index (χ3v) is 5.15. The summed E-state index contributed by atoms with van der Waals surface area (Å²) >= 11 is 0. The zero-order chi connectivity index (χ0) is 22.3. The van der Waals surface area contributed by atoms with Crippen molar-refractivity contribution >= 4 is 17.3 Å². The van der Waals surface area contributed by atoms with Gasteiger partial charge in [0.15, 0.2) is 0 Å². The summed E-state index contributed by atoms with van der Waals surface area (Å²) in [6.07, 6.45) is 0. The Balaban J connectivity index is 1.41. The van der Waals surface area contributed by atoms with Gasteiger partial charge in [-0.05, 0) is 61.5 Å². The van der Waals surface area contributed by atoms with Crippen LogP contribution in [0.4, 0.5) is 11.4 Å². The number of nitrogens with one attached hydrogen (secondary N) is 1. The second-order valence-electron chi connectivity index (χ2n) is 7.37. The molecule has 1 N–H and O–H groups in total. The van der Waals surface area contributed by atoms with E-state index in [9.17, 15) is 9.59 Å². The monoisotopic (exact) mass is 434 g/mol. The van der Waals surface area contributed by atoms with Crippen LogP contribution in [0.5, 0.6) is 5.75 Å². The number of anilines is 2. The van der Waals surface area contributed by atoms with Gasteiger partial charge in [-0.1, -0.05) is 0 Å². The van der Waals surface area contributed by atoms with Crippen molar-refractivity contribution in [3.05, 3.63) is 71.0 Å². The van der Waals surface area contributed by atoms with Crippen molar-refractivity contribution in [3.8, 4) is 17.0 Å². The zero-order valence-corrected chi connectivity index (χ0v) is 18.0. The van der Waals surface area contributed by atoms with Gasteiger partial charge in [0.2, 0.25) is 5.91 Å². The van der Waals surface area contributed by atoms with E-state index >= 15 is 0 Å². The average molecular weight is 434 g/mol. The standard InChI is InChI=1S/C24H26N4O4/c1-2-32-21-9-3-18(4-10-21)22-11-12-24(30)28(26-22)17-23(29)25-19-5-7-20(8-6-19)27-13-15-31-16-14-27/h3-12H,2,13-17H2,1H3,(H,25,29). The fourth-order valence-corrected chi connectivity index (χ4v) is 3.52. The van der Waals surface area contributed by atoms with Crippen LogP contribution in [0.15, 0.2) is 65.5 Å². The van der Waals surface area contributed by atoms with Crippen molar-refractivity contribution in [1.29, 1.82) is 0 Å². The fraction of sp³-hybridized carbons (Fsp3) is 0.292. The normalized spacial score (nSPS) is 13.6. The molecule has 0 unspecified atom stereocenters. The number of amides is 1. The van der Waals surface area contributed by atoms with Gasteiger partial charge in [-0.25, -0.2) is 4.68 Å². The van der Waals surface area contributed by atoms with E-state index in [1.165, 1.54) is 10.7 Å². The highest BCUT2D eigenvalue weighted by Gasteiger charge is 2.12. The van der Waals surface area contributed by atoms with Gasteiger partial charge in [-0.2, -0.15) is 5.10 Å². The molecule has 166 valence electrons. The third kappa shape index (κ3) is 5.33. The Kier molecular flexibility index (Phi) is 6.81. The number of carbonyl (C=O) groups excluding carboxylic acids is 1. The van der Waals surface area contributed by atoms with Crippen molar-refractivity contribution in [3.63, 3.8) is 0 Å². The quantitative estimate of drug-likeness (QED) is 0.616. The van der Waals surface area contributed by atoms with E-state index in [1.807, 2.05) is 55.5 Å². The van der Waals surface area contributed by atoms with Crippen molar-refractivity contribution in [1.82, 2.24) is 9.78 Å². The predicted molar refractivity (Wildman–Crippen MR) is 123 cm³/mol. The average Bonchev–Trinajstić information content (AvgIpc) is 2.82. The first-order chi connectivity index (χ1) is 15.6. The Morgan fingerprint density at radius 3 is 2.44 bits per heavy atom. The van der Waals surface area contributed by atoms with E-state index in [1.54, 1.807) is 6.07 Å². The molecule has 0 bridgehead atoms. The zero-order valence-electron chi connectivity index (χ0n) is 18.0. The van der Waals surface area contributed by atoms with Gasteiger partial charge < -0.3 is 19.7 Å². The summed E-state index contributed by atoms with van der Waals surface area (Å²) in [7, 11) is 0. The van der Waals surface area contributed by atoms with Gasteiger partial charge in [-0.3, -0.25) is 9.59 Å². The summed E-state index contributed by atoms with van der Waals surface area (Å²) in [4.78, 5) is 27.0. The molecule has 0 spiro atoms. The van der Waals surface area contributed by atoms with Gasteiger partial charge in [0.05, 0.1) is 25.5 Å². The second kappa shape index (κ2) is 10.1. The molecule has 1 saturated heterocycles. The van der Waals surface area contributed by atoms with Gasteiger partial charge in [0.1, 0.15) is 12.3 Å². The molecule has 8 nitrogen and oxygen atoms in total. The van der Waals surface area contributed by atoms with E-state index < -0.39 is 0 Å². The summed E-state index contributed by atoms with van der Waals surface area (Å²) < 4.78 is 12.0. The number of carbonyl (C=O) groups is 1. The lowest BCUT2D eigenvalue weighted by Crippen LogP contribution is -2.36. The molecule has 1 aliphatic rings. The maximum atomic E-state index is 12.5. The summed E-state index contributed by atoms with van der Waals surface area (Å²) in [5.74, 6) is 0.450. The van der Waals surface area contributed by atoms with E-state index in [0.717, 1.165) is 43.3 Å². The summed E-state index contributed by atoms with van der Waals surface area (Å²) in [6.45, 7) is 5.49. The fourth-order valence-electron chi connectivity index (χ4n) is 3.52. The molecule has 8 heteroatoms. The van der Waals surface area contributed by atoms with Crippen LogP contribution in [0.3, 0.4) is 0 Å². The second-order valence-corrected chi connectivity index (χ2v) is 7.37. The Morgan fingerprint density at radius 2 is 1.75 bits per heavy atom. The lowest BCUT2D eigenvalue weighted by atomic mass is 10.1. The van der Waals surface area contributed by atoms with Crippen LogP contribution in [0.25, 0.3) is 11.3 Å². The molecule has 1 aliphatic heterocycles. The Labute approximate surface area is 186 Å². The largest absolute Gasteiger partial charge is 0.494 e. The minimum atomic E-state index is -0.336. The van der Waals surface area contributed by atoms with Crippen molar-refractivity contribution in [2.24, 2.45) is 0 Å². The molecular formula is C24H26N4O4. The first-order valence-corrected chi connectivity index (χ1v) is 10.7. The van der Waals surface area contributed by atoms with Crippen LogP contribution in [-0.4, -0.2) is 48.6 Å². The molecule has 4 rings (SSSR count). The summed E-state index contributed by atoms with van der Waals surface area (Å²) in [5.41, 5.74) is 2.86. The number of rotatable bonds is 7. The molecular weight excluding hydrogens is 408 g/mol. The van der Waals surface area contributed by atoms with Crippen LogP contribution >= 0.6 is 0 Å². The molecule has 3 aromatic rings. The van der Waals surface area contributed by atoms with Gasteiger partial charge in [0.25, 0.3) is 5.56 Å². The number of ether oxygens (including phenoxy) is 2. The molecule has 1 fully saturated rings. The maximum Gasteiger partial charge on any atom is 0.267 e. The summed E-state index contributed by atoms with van der Waals surface area (Å²) in [6, 6.07) is 18.2. The molecule has 2 aromatic carbocycles. The number of aromatic nitrogens is 2. The lowest BCUT2D eigenvalue weighted by molar-refractivity contribution is -0.117. The van der Waals surface area contributed by atoms with Gasteiger partial charge in [0, 0.05) is 36.1 Å². The molecule has 0 aliphatic carbocycles. The number of nitrogens with zero attached hydrogens (tertiary/aromatic N) is 3. The van der Waals surface area contributed by atoms with E-state index in [4.69, 9.17) is 9.47 Å². The van der Waals surface area contributed by atoms with Crippen molar-refractivity contribution < 1.29 is 14.3 Å². The van der Waals surface area contributed by atoms with E-state index in [2.05, 4.69) is 15.3 Å². The van der Waals surface area contributed by atoms with Crippen molar-refractivity contribution in [2.45, 2.75) is 13.5 Å². The molecule has 2 heterocycles. The van der Waals surface area contributed by atoms with Crippen LogP contribution in [0, 0.1) is 0 Å². The smallest absolute Gasteiger partial charge is 0.267 e. The molecule has 0 saturated carbocycles. The Bertz CT molecular complexity index is 1100. The Hall–Kier alpha value is -3.65. The predicted octanol–water partition coefficient (Wildman–Crippen LogP) is 2.78. The van der Waals surface area contributed by atoms with Gasteiger partial charge >= 0.3 is 0 Å². The molecule has 1 aromatic heterocycles. The molecule has 32 heavy (non-hydrogen) atoms. The van der Waals surface area contributed by atoms with Crippen LogP contribution in [-0.2, 0) is 16.1 Å². The van der Waals surface area contributed by atoms with Crippen LogP contribution in [0.1, 0.15) is 6.92 Å². The molecule has 0 radical (unpaired) electrons.